The number of carbonyl (C=O) groups is 1. The van der Waals surface area contributed by atoms with Crippen molar-refractivity contribution in [1.29, 1.82) is 0 Å². The van der Waals surface area contributed by atoms with E-state index in [0.29, 0.717) is 25.9 Å². The number of aryl methyl sites for hydroxylation is 2. The van der Waals surface area contributed by atoms with Crippen molar-refractivity contribution in [2.24, 2.45) is 0 Å². The van der Waals surface area contributed by atoms with Crippen LogP contribution >= 0.6 is 11.8 Å². The Labute approximate surface area is 143 Å². The van der Waals surface area contributed by atoms with Crippen molar-refractivity contribution in [1.82, 2.24) is 14.9 Å². The molecule has 5 nitrogen and oxygen atoms in total. The summed E-state index contributed by atoms with van der Waals surface area (Å²) in [6, 6.07) is 0. The van der Waals surface area contributed by atoms with E-state index in [4.69, 9.17) is 4.74 Å². The Bertz CT molecular complexity index is 566. The summed E-state index contributed by atoms with van der Waals surface area (Å²) < 4.78 is 5.86. The van der Waals surface area contributed by atoms with Gasteiger partial charge in [0.25, 0.3) is 0 Å². The summed E-state index contributed by atoms with van der Waals surface area (Å²) in [7, 11) is 0. The topological polar surface area (TPSA) is 55.3 Å². The first-order valence-corrected chi connectivity index (χ1v) is 9.28. The second-order valence-corrected chi connectivity index (χ2v) is 7.60. The van der Waals surface area contributed by atoms with E-state index in [0.717, 1.165) is 22.1 Å². The predicted molar refractivity (Wildman–Crippen MR) is 92.8 cm³/mol. The highest BCUT2D eigenvalue weighted by Crippen LogP contribution is 2.22. The molecule has 0 aromatic carbocycles. The molecular weight excluding hydrogens is 310 g/mol. The molecule has 0 radical (unpaired) electrons. The third-order valence-corrected chi connectivity index (χ3v) is 4.64. The van der Waals surface area contributed by atoms with E-state index >= 15 is 0 Å². The highest BCUT2D eigenvalue weighted by Gasteiger charge is 2.33. The molecule has 2 heterocycles. The molecule has 1 aliphatic heterocycles. The molecule has 1 aliphatic rings. The van der Waals surface area contributed by atoms with Crippen molar-refractivity contribution < 1.29 is 9.53 Å². The van der Waals surface area contributed by atoms with Crippen LogP contribution in [-0.2, 0) is 16.0 Å². The second kappa shape index (κ2) is 7.18. The molecule has 0 bridgehead atoms. The van der Waals surface area contributed by atoms with Gasteiger partial charge in [-0.3, -0.25) is 4.79 Å². The monoisotopic (exact) mass is 337 g/mol. The highest BCUT2D eigenvalue weighted by atomic mass is 32.2. The predicted octanol–water partition coefficient (Wildman–Crippen LogP) is 2.77. The molecule has 1 aromatic rings. The van der Waals surface area contributed by atoms with Gasteiger partial charge in [-0.15, -0.1) is 0 Å². The van der Waals surface area contributed by atoms with Gasteiger partial charge < -0.3 is 9.64 Å². The van der Waals surface area contributed by atoms with Crippen molar-refractivity contribution in [3.05, 3.63) is 17.0 Å². The van der Waals surface area contributed by atoms with Gasteiger partial charge in [0, 0.05) is 30.9 Å². The van der Waals surface area contributed by atoms with Gasteiger partial charge in [0.2, 0.25) is 5.91 Å². The summed E-state index contributed by atoms with van der Waals surface area (Å²) in [5.74, 6) is 0.181. The van der Waals surface area contributed by atoms with Crippen LogP contribution in [0.1, 0.15) is 44.1 Å². The number of amides is 1. The average molecular weight is 337 g/mol. The largest absolute Gasteiger partial charge is 0.369 e. The Balaban J connectivity index is 2.02. The molecule has 2 rings (SSSR count). The number of ether oxygens (including phenoxy) is 1. The van der Waals surface area contributed by atoms with E-state index < -0.39 is 0 Å². The summed E-state index contributed by atoms with van der Waals surface area (Å²) in [6.07, 6.45) is 3.23. The summed E-state index contributed by atoms with van der Waals surface area (Å²) in [6.45, 7) is 11.4. The molecule has 0 spiro atoms. The van der Waals surface area contributed by atoms with Crippen LogP contribution < -0.4 is 0 Å². The Morgan fingerprint density at radius 3 is 2.48 bits per heavy atom. The maximum Gasteiger partial charge on any atom is 0.223 e. The van der Waals surface area contributed by atoms with Crippen LogP contribution in [0.25, 0.3) is 0 Å². The molecule has 1 aromatic heterocycles. The van der Waals surface area contributed by atoms with Gasteiger partial charge in [0.1, 0.15) is 0 Å². The number of nitrogens with zero attached hydrogens (tertiary/aromatic N) is 3. The third kappa shape index (κ3) is 4.67. The van der Waals surface area contributed by atoms with E-state index in [1.807, 2.05) is 45.8 Å². The smallest absolute Gasteiger partial charge is 0.223 e. The number of thioether (sulfide) groups is 1. The molecular formula is C17H27N3O2S. The minimum atomic E-state index is -0.276. The van der Waals surface area contributed by atoms with Crippen molar-refractivity contribution >= 4 is 17.7 Å². The summed E-state index contributed by atoms with van der Waals surface area (Å²) >= 11 is 1.54. The lowest BCUT2D eigenvalue weighted by atomic mass is 10.0. The maximum atomic E-state index is 12.6. The standard InChI is InChI=1S/C17H27N3O2S/c1-11-9-20(10-17(4,5)22-11)15(21)8-7-14-12(2)18-16(23-6)19-13(14)3/h11H,7-10H2,1-6H3/t11-/m0/s1. The number of rotatable bonds is 4. The Kier molecular flexibility index (Phi) is 5.68. The molecule has 128 valence electrons. The molecule has 6 heteroatoms. The Hall–Kier alpha value is -1.14. The summed E-state index contributed by atoms with van der Waals surface area (Å²) in [4.78, 5) is 23.5. The minimum absolute atomic E-state index is 0.0790. The number of aromatic nitrogens is 2. The minimum Gasteiger partial charge on any atom is -0.369 e. The summed E-state index contributed by atoms with van der Waals surface area (Å²) in [5, 5.41) is 0.791. The van der Waals surface area contributed by atoms with E-state index in [1.165, 1.54) is 0 Å². The number of morpholine rings is 1. The fourth-order valence-corrected chi connectivity index (χ4v) is 3.65. The molecule has 1 saturated heterocycles. The van der Waals surface area contributed by atoms with Crippen LogP contribution in [0.15, 0.2) is 5.16 Å². The van der Waals surface area contributed by atoms with Crippen LogP contribution in [0.3, 0.4) is 0 Å². The van der Waals surface area contributed by atoms with E-state index in [9.17, 15) is 4.79 Å². The van der Waals surface area contributed by atoms with Gasteiger partial charge >= 0.3 is 0 Å². The average Bonchev–Trinajstić information content (AvgIpc) is 2.43. The van der Waals surface area contributed by atoms with Crippen molar-refractivity contribution in [2.75, 3.05) is 19.3 Å². The van der Waals surface area contributed by atoms with Crippen LogP contribution in [0.5, 0.6) is 0 Å². The van der Waals surface area contributed by atoms with Crippen LogP contribution in [0.2, 0.25) is 0 Å². The van der Waals surface area contributed by atoms with Gasteiger partial charge in [0.05, 0.1) is 11.7 Å². The van der Waals surface area contributed by atoms with Crippen molar-refractivity contribution in [3.8, 4) is 0 Å². The van der Waals surface area contributed by atoms with Gasteiger partial charge in [-0.2, -0.15) is 0 Å². The number of carbonyl (C=O) groups excluding carboxylic acids is 1. The summed E-state index contributed by atoms with van der Waals surface area (Å²) in [5.41, 5.74) is 2.77. The molecule has 23 heavy (non-hydrogen) atoms. The molecule has 0 saturated carbocycles. The quantitative estimate of drug-likeness (QED) is 0.625. The van der Waals surface area contributed by atoms with Crippen LogP contribution in [-0.4, -0.2) is 51.8 Å². The lowest BCUT2D eigenvalue weighted by Crippen LogP contribution is -2.53. The highest BCUT2D eigenvalue weighted by molar-refractivity contribution is 7.98. The number of hydrogen-bond acceptors (Lipinski definition) is 5. The molecule has 0 unspecified atom stereocenters. The normalized spacial score (nSPS) is 20.6. The van der Waals surface area contributed by atoms with Gasteiger partial charge in [-0.1, -0.05) is 11.8 Å². The molecule has 1 fully saturated rings. The Morgan fingerprint density at radius 1 is 1.35 bits per heavy atom. The maximum absolute atomic E-state index is 12.6. The zero-order valence-corrected chi connectivity index (χ0v) is 15.8. The third-order valence-electron chi connectivity index (χ3n) is 4.09. The van der Waals surface area contributed by atoms with E-state index in [2.05, 4.69) is 9.97 Å². The number of hydrogen-bond donors (Lipinski definition) is 0. The van der Waals surface area contributed by atoms with Gasteiger partial charge in [0.15, 0.2) is 5.16 Å². The fraction of sp³-hybridized carbons (Fsp3) is 0.706. The van der Waals surface area contributed by atoms with Gasteiger partial charge in [-0.25, -0.2) is 9.97 Å². The molecule has 0 aliphatic carbocycles. The Morgan fingerprint density at radius 2 is 1.96 bits per heavy atom. The lowest BCUT2D eigenvalue weighted by molar-refractivity contribution is -0.158. The van der Waals surface area contributed by atoms with E-state index in [1.54, 1.807) is 11.8 Å². The first-order chi connectivity index (χ1) is 10.7. The zero-order valence-electron chi connectivity index (χ0n) is 15.0. The van der Waals surface area contributed by atoms with Gasteiger partial charge in [-0.05, 0) is 52.9 Å². The lowest BCUT2D eigenvalue weighted by Gasteiger charge is -2.41. The second-order valence-electron chi connectivity index (χ2n) is 6.82. The zero-order chi connectivity index (χ0) is 17.2. The van der Waals surface area contributed by atoms with Crippen molar-refractivity contribution in [2.45, 2.75) is 64.3 Å². The molecule has 1 amide bonds. The van der Waals surface area contributed by atoms with Crippen LogP contribution in [0, 0.1) is 13.8 Å². The van der Waals surface area contributed by atoms with Crippen LogP contribution in [0.4, 0.5) is 0 Å². The van der Waals surface area contributed by atoms with E-state index in [-0.39, 0.29) is 17.6 Å². The molecule has 1 atom stereocenters. The molecule has 0 N–H and O–H groups in total. The fourth-order valence-electron chi connectivity index (χ4n) is 3.20. The van der Waals surface area contributed by atoms with Crippen molar-refractivity contribution in [3.63, 3.8) is 0 Å². The first-order valence-electron chi connectivity index (χ1n) is 8.05. The first kappa shape index (κ1) is 18.2. The SMILES string of the molecule is CSc1nc(C)c(CCC(=O)N2C[C@H](C)OC(C)(C)C2)c(C)n1.